The fourth-order valence-corrected chi connectivity index (χ4v) is 7.49. The smallest absolute Gasteiger partial charge is 0.336 e. The number of aromatic nitrogens is 1. The second-order valence-electron chi connectivity index (χ2n) is 13.1. The number of benzene rings is 6. The van der Waals surface area contributed by atoms with E-state index in [4.69, 9.17) is 25.8 Å². The van der Waals surface area contributed by atoms with Gasteiger partial charge in [-0.3, -0.25) is 4.98 Å². The van der Waals surface area contributed by atoms with Gasteiger partial charge in [-0.05, 0) is 75.4 Å². The van der Waals surface area contributed by atoms with Crippen molar-refractivity contribution < 1.29 is 28.5 Å². The van der Waals surface area contributed by atoms with Crippen molar-refractivity contribution in [1.29, 1.82) is 0 Å². The highest BCUT2D eigenvalue weighted by Crippen LogP contribution is 2.47. The molecule has 1 N–H and O–H groups in total. The SMILES string of the molecule is O=C(O)/C(=C/c1sc2cc(OCc3ccc(-c4ccccc4)cc3)c(OCc3ccc(-c4ccccc4)cc3)cc2c1Oc1ccc(Cl)c(F)c1)c1ccncc1. The molecule has 2 heterocycles. The minimum absolute atomic E-state index is 0.0296. The van der Waals surface area contributed by atoms with Gasteiger partial charge in [0.15, 0.2) is 17.2 Å². The molecule has 0 spiro atoms. The molecule has 0 saturated carbocycles. The number of ether oxygens (including phenoxy) is 3. The highest BCUT2D eigenvalue weighted by atomic mass is 35.5. The van der Waals surface area contributed by atoms with Crippen LogP contribution >= 0.6 is 22.9 Å². The van der Waals surface area contributed by atoms with Gasteiger partial charge in [0.25, 0.3) is 0 Å². The van der Waals surface area contributed by atoms with Crippen LogP contribution in [-0.2, 0) is 18.0 Å². The number of rotatable bonds is 13. The standard InChI is InChI=1S/C48H33ClFNO5S/c49-41-20-19-38(25-42(41)50)56-47-40-26-43(54-29-31-11-15-35(16-12-31)33-7-3-1-4-8-33)44(55-30-32-13-17-36(18-14-32)34-9-5-2-6-10-34)28-45(40)57-46(47)27-39(48(52)53)37-21-23-51-24-22-37/h1-28H,29-30H2,(H,52,53)/b39-27+. The number of thiophene rings is 1. The van der Waals surface area contributed by atoms with Crippen molar-refractivity contribution in [2.24, 2.45) is 0 Å². The summed E-state index contributed by atoms with van der Waals surface area (Å²) in [5.41, 5.74) is 6.84. The highest BCUT2D eigenvalue weighted by molar-refractivity contribution is 7.20. The average molecular weight is 790 g/mol. The predicted octanol–water partition coefficient (Wildman–Crippen LogP) is 13.0. The third kappa shape index (κ3) is 8.73. The number of carboxylic acid groups (broad SMARTS) is 1. The minimum Gasteiger partial charge on any atom is -0.485 e. The maximum atomic E-state index is 14.7. The first-order valence-corrected chi connectivity index (χ1v) is 19.2. The first-order chi connectivity index (χ1) is 27.9. The van der Waals surface area contributed by atoms with Crippen LogP contribution in [0.5, 0.6) is 23.0 Å². The van der Waals surface area contributed by atoms with E-state index in [1.807, 2.05) is 72.8 Å². The third-order valence-electron chi connectivity index (χ3n) is 9.25. The van der Waals surface area contributed by atoms with E-state index < -0.39 is 11.8 Å². The molecule has 6 aromatic carbocycles. The minimum atomic E-state index is -1.13. The Labute approximate surface area is 337 Å². The maximum absolute atomic E-state index is 14.7. The topological polar surface area (TPSA) is 77.9 Å². The maximum Gasteiger partial charge on any atom is 0.336 e. The van der Waals surface area contributed by atoms with Crippen LogP contribution in [0.3, 0.4) is 0 Å². The zero-order valence-electron chi connectivity index (χ0n) is 30.3. The zero-order chi connectivity index (χ0) is 39.1. The summed E-state index contributed by atoms with van der Waals surface area (Å²) in [5, 5.41) is 10.9. The molecule has 2 aromatic heterocycles. The van der Waals surface area contributed by atoms with Crippen molar-refractivity contribution in [1.82, 2.24) is 4.98 Å². The van der Waals surface area contributed by atoms with Crippen LogP contribution in [0.15, 0.2) is 164 Å². The van der Waals surface area contributed by atoms with E-state index in [1.54, 1.807) is 24.3 Å². The van der Waals surface area contributed by atoms with Crippen molar-refractivity contribution in [2.75, 3.05) is 0 Å². The Hall–Kier alpha value is -6.74. The van der Waals surface area contributed by atoms with Crippen molar-refractivity contribution >= 4 is 50.6 Å². The van der Waals surface area contributed by atoms with Crippen LogP contribution in [0.1, 0.15) is 21.6 Å². The normalized spacial score (nSPS) is 11.4. The second-order valence-corrected chi connectivity index (χ2v) is 14.6. The lowest BCUT2D eigenvalue weighted by Crippen LogP contribution is -2.01. The van der Waals surface area contributed by atoms with Crippen LogP contribution in [0.4, 0.5) is 4.39 Å². The average Bonchev–Trinajstić information content (AvgIpc) is 3.58. The molecule has 0 aliphatic rings. The number of nitrogens with zero attached hydrogens (tertiary/aromatic N) is 1. The third-order valence-corrected chi connectivity index (χ3v) is 10.6. The van der Waals surface area contributed by atoms with Crippen molar-refractivity contribution in [2.45, 2.75) is 13.2 Å². The molecule has 280 valence electrons. The largest absolute Gasteiger partial charge is 0.485 e. The number of fused-ring (bicyclic) bond motifs is 1. The molecule has 0 bridgehead atoms. The van der Waals surface area contributed by atoms with E-state index in [9.17, 15) is 14.3 Å². The van der Waals surface area contributed by atoms with Gasteiger partial charge in [-0.25, -0.2) is 9.18 Å². The lowest BCUT2D eigenvalue weighted by Gasteiger charge is -2.15. The number of pyridine rings is 1. The van der Waals surface area contributed by atoms with Crippen LogP contribution in [-0.4, -0.2) is 16.1 Å². The lowest BCUT2D eigenvalue weighted by molar-refractivity contribution is -0.130. The van der Waals surface area contributed by atoms with Crippen molar-refractivity contribution in [3.05, 3.63) is 196 Å². The first kappa shape index (κ1) is 37.2. The number of hydrogen-bond donors (Lipinski definition) is 1. The Morgan fingerprint density at radius 3 is 1.77 bits per heavy atom. The Kier molecular flexibility index (Phi) is 11.1. The van der Waals surface area contributed by atoms with Crippen LogP contribution in [0, 0.1) is 5.82 Å². The van der Waals surface area contributed by atoms with Gasteiger partial charge in [-0.1, -0.05) is 121 Å². The fourth-order valence-electron chi connectivity index (χ4n) is 6.29. The molecule has 6 nitrogen and oxygen atoms in total. The Morgan fingerprint density at radius 2 is 1.23 bits per heavy atom. The molecular weight excluding hydrogens is 757 g/mol. The molecule has 8 rings (SSSR count). The van der Waals surface area contributed by atoms with E-state index >= 15 is 0 Å². The molecule has 0 aliphatic heterocycles. The highest BCUT2D eigenvalue weighted by Gasteiger charge is 2.21. The molecule has 0 atom stereocenters. The second kappa shape index (κ2) is 17.0. The summed E-state index contributed by atoms with van der Waals surface area (Å²) in [5.74, 6) is -0.333. The Balaban J connectivity index is 1.18. The molecule has 9 heteroatoms. The van der Waals surface area contributed by atoms with Gasteiger partial charge in [-0.2, -0.15) is 0 Å². The van der Waals surface area contributed by atoms with Crippen LogP contribution < -0.4 is 14.2 Å². The van der Waals surface area contributed by atoms with E-state index in [-0.39, 0.29) is 29.6 Å². The summed E-state index contributed by atoms with van der Waals surface area (Å²) in [4.78, 5) is 17.1. The summed E-state index contributed by atoms with van der Waals surface area (Å²) < 4.78 is 34.8. The van der Waals surface area contributed by atoms with Crippen molar-refractivity contribution in [3.8, 4) is 45.3 Å². The molecule has 0 aliphatic carbocycles. The van der Waals surface area contributed by atoms with Gasteiger partial charge in [0.05, 0.1) is 15.5 Å². The lowest BCUT2D eigenvalue weighted by atomic mass is 10.0. The summed E-state index contributed by atoms with van der Waals surface area (Å²) in [6.45, 7) is 0.503. The van der Waals surface area contributed by atoms with E-state index in [2.05, 4.69) is 53.5 Å². The van der Waals surface area contributed by atoms with Gasteiger partial charge < -0.3 is 19.3 Å². The predicted molar refractivity (Wildman–Crippen MR) is 225 cm³/mol. The molecule has 0 fully saturated rings. The Bertz CT molecular complexity index is 2690. The summed E-state index contributed by atoms with van der Waals surface area (Å²) in [6, 6.07) is 47.8. The van der Waals surface area contributed by atoms with Crippen molar-refractivity contribution in [3.63, 3.8) is 0 Å². The molecule has 0 unspecified atom stereocenters. The van der Waals surface area contributed by atoms with Gasteiger partial charge in [-0.15, -0.1) is 11.3 Å². The Morgan fingerprint density at radius 1 is 0.684 bits per heavy atom. The fraction of sp³-hybridized carbons (Fsp3) is 0.0417. The first-order valence-electron chi connectivity index (χ1n) is 18.0. The molecule has 0 amide bonds. The number of halogens is 2. The monoisotopic (exact) mass is 789 g/mol. The van der Waals surface area contributed by atoms with Gasteiger partial charge in [0.1, 0.15) is 24.8 Å². The van der Waals surface area contributed by atoms with E-state index in [0.29, 0.717) is 33.1 Å². The van der Waals surface area contributed by atoms with Gasteiger partial charge >= 0.3 is 5.97 Å². The number of carboxylic acids is 1. The van der Waals surface area contributed by atoms with Crippen LogP contribution in [0.25, 0.3) is 44.0 Å². The number of aliphatic carboxylic acids is 1. The molecule has 57 heavy (non-hydrogen) atoms. The summed E-state index contributed by atoms with van der Waals surface area (Å²) >= 11 is 7.31. The zero-order valence-corrected chi connectivity index (χ0v) is 31.8. The molecule has 0 radical (unpaired) electrons. The van der Waals surface area contributed by atoms with Crippen LogP contribution in [0.2, 0.25) is 5.02 Å². The number of carbonyl (C=O) groups is 1. The van der Waals surface area contributed by atoms with Gasteiger partial charge in [0, 0.05) is 34.6 Å². The molecule has 0 saturated heterocycles. The van der Waals surface area contributed by atoms with Gasteiger partial charge in [0.2, 0.25) is 0 Å². The molecular formula is C48H33ClFNO5S. The van der Waals surface area contributed by atoms with E-state index in [0.717, 1.165) is 38.1 Å². The molecule has 8 aromatic rings. The quantitative estimate of drug-likeness (QED) is 0.117. The summed E-state index contributed by atoms with van der Waals surface area (Å²) in [6.07, 6.45) is 4.61. The summed E-state index contributed by atoms with van der Waals surface area (Å²) in [7, 11) is 0. The number of hydrogen-bond acceptors (Lipinski definition) is 6. The van der Waals surface area contributed by atoms with E-state index in [1.165, 1.54) is 35.9 Å².